The summed E-state index contributed by atoms with van der Waals surface area (Å²) in [5.74, 6) is 0.157. The van der Waals surface area contributed by atoms with Gasteiger partial charge >= 0.3 is 0 Å². The molecule has 0 aromatic heterocycles. The Morgan fingerprint density at radius 1 is 1.33 bits per heavy atom. The lowest BCUT2D eigenvalue weighted by molar-refractivity contribution is -0.107. The predicted octanol–water partition coefficient (Wildman–Crippen LogP) is 2.66. The molecule has 1 aromatic carbocycles. The first kappa shape index (κ1) is 9.74. The molecule has 0 radical (unpaired) electrons. The van der Waals surface area contributed by atoms with Gasteiger partial charge in [-0.3, -0.25) is 0 Å². The van der Waals surface area contributed by atoms with E-state index in [2.05, 4.69) is 31.9 Å². The zero-order chi connectivity index (χ0) is 9.14. The van der Waals surface area contributed by atoms with Crippen LogP contribution in [0.25, 0.3) is 0 Å². The molecular formula is C8H6Br2O2. The summed E-state index contributed by atoms with van der Waals surface area (Å²) >= 11 is 6.34. The molecule has 64 valence electrons. The van der Waals surface area contributed by atoms with Crippen LogP contribution in [0, 0.1) is 0 Å². The quantitative estimate of drug-likeness (QED) is 0.851. The van der Waals surface area contributed by atoms with Crippen LogP contribution in [0.1, 0.15) is 5.56 Å². The van der Waals surface area contributed by atoms with E-state index in [9.17, 15) is 9.90 Å². The SMILES string of the molecule is O=CCc1cc(Br)c(O)c(Br)c1. The van der Waals surface area contributed by atoms with Gasteiger partial charge in [-0.1, -0.05) is 0 Å². The highest BCUT2D eigenvalue weighted by Gasteiger charge is 2.04. The van der Waals surface area contributed by atoms with Crippen molar-refractivity contribution >= 4 is 38.1 Å². The molecule has 12 heavy (non-hydrogen) atoms. The van der Waals surface area contributed by atoms with Crippen molar-refractivity contribution in [3.63, 3.8) is 0 Å². The number of aromatic hydroxyl groups is 1. The van der Waals surface area contributed by atoms with E-state index < -0.39 is 0 Å². The maximum absolute atomic E-state index is 10.2. The standard InChI is InChI=1S/C8H6Br2O2/c9-6-3-5(1-2-11)4-7(10)8(6)12/h2-4,12H,1H2. The monoisotopic (exact) mass is 292 g/mol. The van der Waals surface area contributed by atoms with E-state index in [1.807, 2.05) is 0 Å². The van der Waals surface area contributed by atoms with Crippen molar-refractivity contribution in [1.29, 1.82) is 0 Å². The van der Waals surface area contributed by atoms with Gasteiger partial charge in [-0.2, -0.15) is 0 Å². The van der Waals surface area contributed by atoms with Gasteiger partial charge in [0.05, 0.1) is 8.95 Å². The number of hydrogen-bond donors (Lipinski definition) is 1. The van der Waals surface area contributed by atoms with Crippen LogP contribution in [0.5, 0.6) is 5.75 Å². The van der Waals surface area contributed by atoms with Gasteiger partial charge in [0, 0.05) is 6.42 Å². The largest absolute Gasteiger partial charge is 0.506 e. The maximum Gasteiger partial charge on any atom is 0.143 e. The third-order valence-corrected chi connectivity index (χ3v) is 2.60. The van der Waals surface area contributed by atoms with E-state index in [0.29, 0.717) is 15.4 Å². The van der Waals surface area contributed by atoms with Gasteiger partial charge in [0.15, 0.2) is 0 Å². The molecule has 0 amide bonds. The number of carbonyl (C=O) groups excluding carboxylic acids is 1. The Morgan fingerprint density at radius 3 is 2.25 bits per heavy atom. The summed E-state index contributed by atoms with van der Waals surface area (Å²) in [6.07, 6.45) is 1.18. The zero-order valence-electron chi connectivity index (χ0n) is 6.05. The highest BCUT2D eigenvalue weighted by atomic mass is 79.9. The fourth-order valence-corrected chi connectivity index (χ4v) is 2.11. The number of halogens is 2. The van der Waals surface area contributed by atoms with Crippen LogP contribution in [0.4, 0.5) is 0 Å². The normalized spacial score (nSPS) is 9.83. The maximum atomic E-state index is 10.2. The topological polar surface area (TPSA) is 37.3 Å². The molecule has 0 spiro atoms. The molecular weight excluding hydrogens is 288 g/mol. The minimum Gasteiger partial charge on any atom is -0.506 e. The number of phenolic OH excluding ortho intramolecular Hbond substituents is 1. The highest BCUT2D eigenvalue weighted by Crippen LogP contribution is 2.33. The summed E-state index contributed by atoms with van der Waals surface area (Å²) in [7, 11) is 0. The molecule has 0 aliphatic carbocycles. The van der Waals surface area contributed by atoms with Crippen molar-refractivity contribution in [2.24, 2.45) is 0 Å². The number of hydrogen-bond acceptors (Lipinski definition) is 2. The first-order valence-electron chi connectivity index (χ1n) is 3.25. The lowest BCUT2D eigenvalue weighted by atomic mass is 10.2. The van der Waals surface area contributed by atoms with Crippen molar-refractivity contribution in [2.45, 2.75) is 6.42 Å². The Hall–Kier alpha value is -0.350. The average Bonchev–Trinajstić information content (AvgIpc) is 2.01. The van der Waals surface area contributed by atoms with Crippen molar-refractivity contribution in [3.8, 4) is 5.75 Å². The second kappa shape index (κ2) is 4.05. The van der Waals surface area contributed by atoms with Gasteiger partial charge < -0.3 is 9.90 Å². The predicted molar refractivity (Wildman–Crippen MR) is 53.3 cm³/mol. The molecule has 4 heteroatoms. The number of phenols is 1. The summed E-state index contributed by atoms with van der Waals surface area (Å²) in [5.41, 5.74) is 0.863. The van der Waals surface area contributed by atoms with E-state index in [1.165, 1.54) is 0 Å². The molecule has 1 rings (SSSR count). The van der Waals surface area contributed by atoms with E-state index in [-0.39, 0.29) is 5.75 Å². The third-order valence-electron chi connectivity index (χ3n) is 1.40. The first-order chi connectivity index (χ1) is 5.65. The third kappa shape index (κ3) is 2.08. The van der Waals surface area contributed by atoms with E-state index in [0.717, 1.165) is 11.8 Å². The van der Waals surface area contributed by atoms with Crippen LogP contribution in [0.2, 0.25) is 0 Å². The Morgan fingerprint density at radius 2 is 1.83 bits per heavy atom. The Labute approximate surface area is 86.9 Å². The van der Waals surface area contributed by atoms with Gasteiger partial charge in [0.25, 0.3) is 0 Å². The number of rotatable bonds is 2. The van der Waals surface area contributed by atoms with Crippen LogP contribution < -0.4 is 0 Å². The number of carbonyl (C=O) groups is 1. The van der Waals surface area contributed by atoms with Gasteiger partial charge in [-0.05, 0) is 49.6 Å². The fraction of sp³-hybridized carbons (Fsp3) is 0.125. The number of aldehydes is 1. The summed E-state index contributed by atoms with van der Waals surface area (Å²) in [6, 6.07) is 3.43. The van der Waals surface area contributed by atoms with Crippen LogP contribution in [-0.4, -0.2) is 11.4 Å². The molecule has 0 saturated heterocycles. The fourth-order valence-electron chi connectivity index (χ4n) is 0.832. The molecule has 0 unspecified atom stereocenters. The van der Waals surface area contributed by atoms with Gasteiger partial charge in [-0.25, -0.2) is 0 Å². The van der Waals surface area contributed by atoms with Gasteiger partial charge in [0.1, 0.15) is 12.0 Å². The summed E-state index contributed by atoms with van der Waals surface area (Å²) < 4.78 is 1.18. The first-order valence-corrected chi connectivity index (χ1v) is 4.84. The molecule has 0 aliphatic heterocycles. The molecule has 0 heterocycles. The van der Waals surface area contributed by atoms with E-state index in [1.54, 1.807) is 12.1 Å². The Kier molecular flexibility index (Phi) is 3.29. The van der Waals surface area contributed by atoms with E-state index >= 15 is 0 Å². The zero-order valence-corrected chi connectivity index (χ0v) is 9.22. The molecule has 0 bridgehead atoms. The molecule has 2 nitrogen and oxygen atoms in total. The lowest BCUT2D eigenvalue weighted by Crippen LogP contribution is -1.86. The minimum absolute atomic E-state index is 0.157. The molecule has 0 atom stereocenters. The smallest absolute Gasteiger partial charge is 0.143 e. The van der Waals surface area contributed by atoms with Crippen LogP contribution in [0.3, 0.4) is 0 Å². The molecule has 1 aromatic rings. The van der Waals surface area contributed by atoms with Crippen molar-refractivity contribution in [1.82, 2.24) is 0 Å². The number of benzene rings is 1. The van der Waals surface area contributed by atoms with Crippen molar-refractivity contribution in [2.75, 3.05) is 0 Å². The second-order valence-corrected chi connectivity index (χ2v) is 3.99. The van der Waals surface area contributed by atoms with Gasteiger partial charge in [0.2, 0.25) is 0 Å². The highest BCUT2D eigenvalue weighted by molar-refractivity contribution is 9.11. The van der Waals surface area contributed by atoms with Gasteiger partial charge in [-0.15, -0.1) is 0 Å². The molecule has 0 saturated carbocycles. The molecule has 0 fully saturated rings. The van der Waals surface area contributed by atoms with Crippen molar-refractivity contribution in [3.05, 3.63) is 26.6 Å². The minimum atomic E-state index is 0.157. The summed E-state index contributed by atoms with van der Waals surface area (Å²) in [5, 5.41) is 9.32. The Bertz CT molecular complexity index is 287. The van der Waals surface area contributed by atoms with Crippen molar-refractivity contribution < 1.29 is 9.90 Å². The van der Waals surface area contributed by atoms with Crippen LogP contribution in [0.15, 0.2) is 21.1 Å². The molecule has 0 aliphatic rings. The van der Waals surface area contributed by atoms with E-state index in [4.69, 9.17) is 0 Å². The molecule has 1 N–H and O–H groups in total. The summed E-state index contributed by atoms with van der Waals surface area (Å²) in [4.78, 5) is 10.2. The Balaban J connectivity index is 3.11. The second-order valence-electron chi connectivity index (χ2n) is 2.28. The average molecular weight is 294 g/mol. The van der Waals surface area contributed by atoms with Crippen LogP contribution in [-0.2, 0) is 11.2 Å². The van der Waals surface area contributed by atoms with Crippen LogP contribution >= 0.6 is 31.9 Å². The lowest BCUT2D eigenvalue weighted by Gasteiger charge is -2.02. The summed E-state index contributed by atoms with van der Waals surface area (Å²) in [6.45, 7) is 0.